The minimum atomic E-state index is -0.0484. The van der Waals surface area contributed by atoms with Crippen LogP contribution in [0.25, 0.3) is 0 Å². The fourth-order valence-electron chi connectivity index (χ4n) is 2.85. The number of hydrogen-bond acceptors (Lipinski definition) is 5. The quantitative estimate of drug-likeness (QED) is 0.850. The van der Waals surface area contributed by atoms with E-state index in [0.717, 1.165) is 29.5 Å². The molecule has 0 fully saturated rings. The maximum atomic E-state index is 12.1. The molecule has 0 radical (unpaired) electrons. The maximum Gasteiger partial charge on any atom is 0.256 e. The number of nitrogens with zero attached hydrogens (tertiary/aromatic N) is 4. The van der Waals surface area contributed by atoms with Crippen LogP contribution in [0.4, 0.5) is 0 Å². The summed E-state index contributed by atoms with van der Waals surface area (Å²) >= 11 is 0. The summed E-state index contributed by atoms with van der Waals surface area (Å²) in [4.78, 5) is 23.3. The van der Waals surface area contributed by atoms with E-state index >= 15 is 0 Å². The minimum absolute atomic E-state index is 0.0484. The van der Waals surface area contributed by atoms with Gasteiger partial charge in [-0.3, -0.25) is 9.69 Å². The highest BCUT2D eigenvalue weighted by atomic mass is 16.4. The van der Waals surface area contributed by atoms with Gasteiger partial charge in [-0.05, 0) is 13.3 Å². The van der Waals surface area contributed by atoms with E-state index in [1.807, 2.05) is 6.20 Å². The first-order valence-electron chi connectivity index (χ1n) is 8.01. The van der Waals surface area contributed by atoms with Crippen LogP contribution in [0.2, 0.25) is 0 Å². The molecule has 0 spiro atoms. The molecule has 0 amide bonds. The van der Waals surface area contributed by atoms with Crippen LogP contribution in [0.15, 0.2) is 21.7 Å². The van der Waals surface area contributed by atoms with Gasteiger partial charge in [-0.25, -0.2) is 9.97 Å². The maximum absolute atomic E-state index is 12.1. The largest absolute Gasteiger partial charge is 0.443 e. The normalized spacial score (nSPS) is 17.1. The molecule has 1 atom stereocenters. The molecule has 6 heteroatoms. The van der Waals surface area contributed by atoms with Gasteiger partial charge in [-0.2, -0.15) is 0 Å². The van der Waals surface area contributed by atoms with Crippen LogP contribution < -0.4 is 5.56 Å². The summed E-state index contributed by atoms with van der Waals surface area (Å²) < 4.78 is 7.50. The van der Waals surface area contributed by atoms with Gasteiger partial charge in [-0.1, -0.05) is 20.8 Å². The Balaban J connectivity index is 1.82. The Morgan fingerprint density at radius 3 is 2.70 bits per heavy atom. The van der Waals surface area contributed by atoms with Gasteiger partial charge in [-0.15, -0.1) is 0 Å². The van der Waals surface area contributed by atoms with Crippen LogP contribution >= 0.6 is 0 Å². The summed E-state index contributed by atoms with van der Waals surface area (Å²) in [5.74, 6) is 1.62. The van der Waals surface area contributed by atoms with Gasteiger partial charge in [0.1, 0.15) is 5.76 Å². The Hall–Kier alpha value is -1.95. The molecule has 0 saturated carbocycles. The smallest absolute Gasteiger partial charge is 0.256 e. The van der Waals surface area contributed by atoms with Crippen molar-refractivity contribution in [1.82, 2.24) is 19.4 Å². The van der Waals surface area contributed by atoms with Crippen LogP contribution in [0.5, 0.6) is 0 Å². The van der Waals surface area contributed by atoms with Crippen molar-refractivity contribution in [1.29, 1.82) is 0 Å². The minimum Gasteiger partial charge on any atom is -0.443 e. The summed E-state index contributed by atoms with van der Waals surface area (Å²) in [6.07, 6.45) is 4.13. The Kier molecular flexibility index (Phi) is 3.88. The third kappa shape index (κ3) is 2.95. The van der Waals surface area contributed by atoms with E-state index in [1.165, 1.54) is 0 Å². The number of aromatic nitrogens is 3. The number of rotatable bonds is 2. The van der Waals surface area contributed by atoms with Crippen molar-refractivity contribution in [2.45, 2.75) is 52.1 Å². The van der Waals surface area contributed by atoms with E-state index < -0.39 is 0 Å². The van der Waals surface area contributed by atoms with Gasteiger partial charge in [0.05, 0.1) is 24.3 Å². The van der Waals surface area contributed by atoms with E-state index in [9.17, 15) is 4.79 Å². The lowest BCUT2D eigenvalue weighted by Gasteiger charge is -2.31. The Morgan fingerprint density at radius 2 is 2.04 bits per heavy atom. The zero-order valence-electron chi connectivity index (χ0n) is 14.5. The average Bonchev–Trinajstić information content (AvgIpc) is 3.00. The van der Waals surface area contributed by atoms with Crippen LogP contribution in [0.3, 0.4) is 0 Å². The summed E-state index contributed by atoms with van der Waals surface area (Å²) in [7, 11) is 1.74. The van der Waals surface area contributed by atoms with Crippen LogP contribution in [0, 0.1) is 0 Å². The fourth-order valence-corrected chi connectivity index (χ4v) is 2.85. The summed E-state index contributed by atoms with van der Waals surface area (Å²) in [5, 5.41) is 0. The first kappa shape index (κ1) is 15.9. The van der Waals surface area contributed by atoms with E-state index in [-0.39, 0.29) is 17.0 Å². The number of fused-ring (bicyclic) bond motifs is 1. The summed E-state index contributed by atoms with van der Waals surface area (Å²) in [6.45, 7) is 9.88. The second kappa shape index (κ2) is 5.60. The van der Waals surface area contributed by atoms with Gasteiger partial charge in [0.25, 0.3) is 5.56 Å². The van der Waals surface area contributed by atoms with E-state index in [1.54, 1.807) is 17.9 Å². The fraction of sp³-hybridized carbons (Fsp3) is 0.588. The van der Waals surface area contributed by atoms with Crippen molar-refractivity contribution < 1.29 is 4.42 Å². The van der Waals surface area contributed by atoms with Crippen LogP contribution in [-0.2, 0) is 25.4 Å². The van der Waals surface area contributed by atoms with E-state index in [0.29, 0.717) is 13.0 Å². The Morgan fingerprint density at radius 1 is 1.30 bits per heavy atom. The number of aryl methyl sites for hydroxylation is 1. The van der Waals surface area contributed by atoms with Gasteiger partial charge >= 0.3 is 0 Å². The molecule has 23 heavy (non-hydrogen) atoms. The van der Waals surface area contributed by atoms with E-state index in [2.05, 4.69) is 42.6 Å². The molecule has 1 aliphatic rings. The molecule has 0 aromatic carbocycles. The van der Waals surface area contributed by atoms with Gasteiger partial charge in [0.2, 0.25) is 5.89 Å². The second-order valence-electron chi connectivity index (χ2n) is 7.30. The molecule has 2 aromatic heterocycles. The zero-order valence-corrected chi connectivity index (χ0v) is 14.5. The lowest BCUT2D eigenvalue weighted by atomic mass is 9.94. The van der Waals surface area contributed by atoms with Crippen LogP contribution in [0.1, 0.15) is 56.6 Å². The Labute approximate surface area is 136 Å². The molecule has 3 rings (SSSR count). The first-order valence-corrected chi connectivity index (χ1v) is 8.01. The second-order valence-corrected chi connectivity index (χ2v) is 7.30. The highest BCUT2D eigenvalue weighted by molar-refractivity contribution is 5.20. The lowest BCUT2D eigenvalue weighted by Crippen LogP contribution is -2.38. The molecule has 0 N–H and O–H groups in total. The van der Waals surface area contributed by atoms with Crippen molar-refractivity contribution in [3.05, 3.63) is 45.8 Å². The van der Waals surface area contributed by atoms with Crippen LogP contribution in [-0.4, -0.2) is 26.0 Å². The zero-order chi connectivity index (χ0) is 16.8. The SMILES string of the molecule is C[C@@H](c1ncc(C(C)(C)C)o1)N1CCc2c(ncn(C)c2=O)C1. The van der Waals surface area contributed by atoms with Gasteiger partial charge < -0.3 is 8.98 Å². The lowest BCUT2D eigenvalue weighted by molar-refractivity contribution is 0.159. The highest BCUT2D eigenvalue weighted by Gasteiger charge is 2.28. The third-order valence-electron chi connectivity index (χ3n) is 4.48. The standard InChI is InChI=1S/C17H24N4O2/c1-11(15-18-8-14(23-15)17(2,3)4)21-7-6-12-13(9-21)19-10-20(5)16(12)22/h8,10-11H,6-7,9H2,1-5H3/t11-/m0/s1. The molecular formula is C17H24N4O2. The van der Waals surface area contributed by atoms with Crippen molar-refractivity contribution in [3.63, 3.8) is 0 Å². The Bertz CT molecular complexity index is 770. The molecule has 3 heterocycles. The predicted molar refractivity (Wildman–Crippen MR) is 87.2 cm³/mol. The molecule has 6 nitrogen and oxygen atoms in total. The molecule has 2 aromatic rings. The van der Waals surface area contributed by atoms with Gasteiger partial charge in [0.15, 0.2) is 0 Å². The molecular weight excluding hydrogens is 292 g/mol. The van der Waals surface area contributed by atoms with Gasteiger partial charge in [0, 0.05) is 31.1 Å². The number of oxazole rings is 1. The van der Waals surface area contributed by atoms with Crippen molar-refractivity contribution in [3.8, 4) is 0 Å². The molecule has 0 saturated heterocycles. The van der Waals surface area contributed by atoms with Crippen molar-refractivity contribution in [2.75, 3.05) is 6.54 Å². The molecule has 0 bridgehead atoms. The third-order valence-corrected chi connectivity index (χ3v) is 4.48. The summed E-state index contributed by atoms with van der Waals surface area (Å²) in [5.41, 5.74) is 1.72. The van der Waals surface area contributed by atoms with Crippen molar-refractivity contribution in [2.24, 2.45) is 7.05 Å². The predicted octanol–water partition coefficient (Wildman–Crippen LogP) is 2.19. The topological polar surface area (TPSA) is 64.2 Å². The highest BCUT2D eigenvalue weighted by Crippen LogP contribution is 2.29. The number of hydrogen-bond donors (Lipinski definition) is 0. The van der Waals surface area contributed by atoms with Crippen molar-refractivity contribution >= 4 is 0 Å². The average molecular weight is 316 g/mol. The van der Waals surface area contributed by atoms with E-state index in [4.69, 9.17) is 4.42 Å². The monoisotopic (exact) mass is 316 g/mol. The molecule has 0 unspecified atom stereocenters. The first-order chi connectivity index (χ1) is 10.8. The molecule has 124 valence electrons. The molecule has 1 aliphatic heterocycles. The summed E-state index contributed by atoms with van der Waals surface area (Å²) in [6, 6.07) is 0.0603. The molecule has 0 aliphatic carbocycles.